The summed E-state index contributed by atoms with van der Waals surface area (Å²) in [6.07, 6.45) is 2.69. The Morgan fingerprint density at radius 3 is 2.63 bits per heavy atom. The van der Waals surface area contributed by atoms with Crippen LogP contribution in [-0.2, 0) is 0 Å². The van der Waals surface area contributed by atoms with Crippen LogP contribution in [0.2, 0.25) is 0 Å². The van der Waals surface area contributed by atoms with E-state index in [4.69, 9.17) is 4.74 Å². The predicted molar refractivity (Wildman–Crippen MR) is 71.8 cm³/mol. The van der Waals surface area contributed by atoms with Crippen LogP contribution in [0.3, 0.4) is 0 Å². The van der Waals surface area contributed by atoms with Crippen molar-refractivity contribution < 1.29 is 4.74 Å². The molecule has 0 bridgehead atoms. The van der Waals surface area contributed by atoms with Gasteiger partial charge in [-0.15, -0.1) is 0 Å². The molecule has 2 heterocycles. The fourth-order valence-corrected chi connectivity index (χ4v) is 1.56. The lowest BCUT2D eigenvalue weighted by Gasteiger charge is -2.08. The van der Waals surface area contributed by atoms with Crippen LogP contribution in [0.5, 0.6) is 6.01 Å². The summed E-state index contributed by atoms with van der Waals surface area (Å²) in [7, 11) is 1.54. The predicted octanol–water partition coefficient (Wildman–Crippen LogP) is 1.50. The van der Waals surface area contributed by atoms with Crippen molar-refractivity contribution in [2.45, 2.75) is 27.2 Å². The highest BCUT2D eigenvalue weighted by molar-refractivity contribution is 5.32. The van der Waals surface area contributed by atoms with Gasteiger partial charge in [0.2, 0.25) is 11.9 Å². The first-order valence-corrected chi connectivity index (χ1v) is 6.20. The van der Waals surface area contributed by atoms with Crippen LogP contribution in [0.1, 0.15) is 24.7 Å². The van der Waals surface area contributed by atoms with E-state index in [1.54, 1.807) is 6.33 Å². The zero-order chi connectivity index (χ0) is 13.8. The second kappa shape index (κ2) is 5.64. The Balaban J connectivity index is 2.41. The lowest BCUT2D eigenvalue weighted by Crippen LogP contribution is -2.11. The third kappa shape index (κ3) is 2.81. The molecule has 2 rings (SSSR count). The van der Waals surface area contributed by atoms with Crippen LogP contribution >= 0.6 is 0 Å². The molecule has 0 saturated carbocycles. The van der Waals surface area contributed by atoms with E-state index in [2.05, 4.69) is 32.2 Å². The number of imidazole rings is 1. The molecule has 2 aromatic heterocycles. The zero-order valence-electron chi connectivity index (χ0n) is 11.6. The van der Waals surface area contributed by atoms with Crippen molar-refractivity contribution in [1.29, 1.82) is 0 Å². The third-order valence-corrected chi connectivity index (χ3v) is 2.79. The highest BCUT2D eigenvalue weighted by Crippen LogP contribution is 2.14. The van der Waals surface area contributed by atoms with Crippen LogP contribution in [0.4, 0.5) is 5.95 Å². The molecule has 0 aromatic carbocycles. The molecule has 0 saturated heterocycles. The van der Waals surface area contributed by atoms with Crippen molar-refractivity contribution in [3.63, 3.8) is 0 Å². The molecule has 0 spiro atoms. The maximum absolute atomic E-state index is 5.11. The molecular formula is C12H18N6O. The average Bonchev–Trinajstić information content (AvgIpc) is 2.76. The second-order valence-corrected chi connectivity index (χ2v) is 4.16. The van der Waals surface area contributed by atoms with Gasteiger partial charge in [-0.05, 0) is 20.3 Å². The average molecular weight is 262 g/mol. The van der Waals surface area contributed by atoms with Crippen molar-refractivity contribution in [1.82, 2.24) is 24.5 Å². The smallest absolute Gasteiger partial charge is 0.322 e. The maximum Gasteiger partial charge on any atom is 0.322 e. The molecule has 0 aliphatic heterocycles. The fourth-order valence-electron chi connectivity index (χ4n) is 1.56. The van der Waals surface area contributed by atoms with E-state index in [9.17, 15) is 0 Å². The molecule has 0 unspecified atom stereocenters. The van der Waals surface area contributed by atoms with E-state index >= 15 is 0 Å². The minimum atomic E-state index is 0.286. The molecule has 0 aliphatic rings. The number of anilines is 1. The number of methoxy groups -OCH3 is 1. The molecule has 7 nitrogen and oxygen atoms in total. The summed E-state index contributed by atoms with van der Waals surface area (Å²) in [5, 5.41) is 3.13. The van der Waals surface area contributed by atoms with Gasteiger partial charge in [-0.25, -0.2) is 4.98 Å². The van der Waals surface area contributed by atoms with E-state index in [1.807, 2.05) is 18.4 Å². The third-order valence-electron chi connectivity index (χ3n) is 2.79. The van der Waals surface area contributed by atoms with E-state index < -0.39 is 0 Å². The Hall–Kier alpha value is -2.18. The van der Waals surface area contributed by atoms with Gasteiger partial charge in [-0.3, -0.25) is 4.57 Å². The highest BCUT2D eigenvalue weighted by Gasteiger charge is 2.11. The van der Waals surface area contributed by atoms with Crippen molar-refractivity contribution in [2.24, 2.45) is 0 Å². The minimum absolute atomic E-state index is 0.286. The van der Waals surface area contributed by atoms with Crippen molar-refractivity contribution in [3.8, 4) is 12.0 Å². The van der Waals surface area contributed by atoms with Crippen LogP contribution in [0.15, 0.2) is 6.33 Å². The lowest BCUT2D eigenvalue weighted by atomic mass is 10.4. The number of aryl methyl sites for hydroxylation is 1. The van der Waals surface area contributed by atoms with Gasteiger partial charge in [0.25, 0.3) is 0 Å². The van der Waals surface area contributed by atoms with Gasteiger partial charge in [0.05, 0.1) is 12.8 Å². The Morgan fingerprint density at radius 1 is 1.26 bits per heavy atom. The first kappa shape index (κ1) is 13.3. The zero-order valence-corrected chi connectivity index (χ0v) is 11.6. The molecule has 19 heavy (non-hydrogen) atoms. The monoisotopic (exact) mass is 262 g/mol. The number of nitrogens with one attached hydrogen (secondary N) is 1. The molecule has 0 atom stereocenters. The Bertz CT molecular complexity index is 565. The highest BCUT2D eigenvalue weighted by atomic mass is 16.5. The summed E-state index contributed by atoms with van der Waals surface area (Å²) in [4.78, 5) is 17.0. The quantitative estimate of drug-likeness (QED) is 0.880. The number of aromatic nitrogens is 5. The van der Waals surface area contributed by atoms with E-state index in [-0.39, 0.29) is 6.01 Å². The van der Waals surface area contributed by atoms with Gasteiger partial charge in [0.1, 0.15) is 6.33 Å². The first-order chi connectivity index (χ1) is 9.15. The summed E-state index contributed by atoms with van der Waals surface area (Å²) in [6, 6.07) is 0.286. The Kier molecular flexibility index (Phi) is 3.94. The molecule has 0 radical (unpaired) electrons. The molecule has 0 fully saturated rings. The van der Waals surface area contributed by atoms with Gasteiger partial charge < -0.3 is 10.1 Å². The lowest BCUT2D eigenvalue weighted by molar-refractivity contribution is 0.378. The molecule has 2 aromatic rings. The molecule has 0 aliphatic carbocycles. The van der Waals surface area contributed by atoms with Crippen LogP contribution < -0.4 is 10.1 Å². The summed E-state index contributed by atoms with van der Waals surface area (Å²) in [5.74, 6) is 1.01. The number of hydrogen-bond donors (Lipinski definition) is 1. The molecule has 1 N–H and O–H groups in total. The first-order valence-electron chi connectivity index (χ1n) is 6.20. The second-order valence-electron chi connectivity index (χ2n) is 4.16. The number of nitrogens with zero attached hydrogens (tertiary/aromatic N) is 5. The van der Waals surface area contributed by atoms with Gasteiger partial charge in [0, 0.05) is 12.2 Å². The molecule has 102 valence electrons. The molecule has 7 heteroatoms. The Morgan fingerprint density at radius 2 is 2.05 bits per heavy atom. The van der Waals surface area contributed by atoms with Gasteiger partial charge in [-0.2, -0.15) is 15.0 Å². The van der Waals surface area contributed by atoms with Crippen molar-refractivity contribution in [3.05, 3.63) is 17.7 Å². The van der Waals surface area contributed by atoms with Crippen molar-refractivity contribution in [2.75, 3.05) is 19.0 Å². The summed E-state index contributed by atoms with van der Waals surface area (Å²) < 4.78 is 6.92. The van der Waals surface area contributed by atoms with Gasteiger partial charge in [0.15, 0.2) is 0 Å². The summed E-state index contributed by atoms with van der Waals surface area (Å²) >= 11 is 0. The van der Waals surface area contributed by atoms with Crippen LogP contribution in [0.25, 0.3) is 5.95 Å². The Labute approximate surface area is 112 Å². The van der Waals surface area contributed by atoms with E-state index in [0.29, 0.717) is 11.9 Å². The normalized spacial score (nSPS) is 10.5. The van der Waals surface area contributed by atoms with Crippen LogP contribution in [-0.4, -0.2) is 38.2 Å². The number of hydrogen-bond acceptors (Lipinski definition) is 6. The standard InChI is InChI=1S/C12H18N6O/c1-5-6-13-10-15-11(17-12(16-10)19-4)18-7-14-8(2)9(18)3/h7H,5-6H2,1-4H3,(H,13,15,16,17). The van der Waals surface area contributed by atoms with E-state index in [1.165, 1.54) is 7.11 Å². The number of ether oxygens (including phenoxy) is 1. The molecular weight excluding hydrogens is 244 g/mol. The van der Waals surface area contributed by atoms with Gasteiger partial charge >= 0.3 is 6.01 Å². The minimum Gasteiger partial charge on any atom is -0.467 e. The largest absolute Gasteiger partial charge is 0.467 e. The summed E-state index contributed by atoms with van der Waals surface area (Å²) in [6.45, 7) is 6.79. The van der Waals surface area contributed by atoms with Crippen LogP contribution in [0, 0.1) is 13.8 Å². The van der Waals surface area contributed by atoms with Gasteiger partial charge in [-0.1, -0.05) is 6.92 Å². The summed E-state index contributed by atoms with van der Waals surface area (Å²) in [5.41, 5.74) is 1.94. The SMILES string of the molecule is CCCNc1nc(OC)nc(-n2cnc(C)c2C)n1. The maximum atomic E-state index is 5.11. The topological polar surface area (TPSA) is 77.8 Å². The fraction of sp³-hybridized carbons (Fsp3) is 0.500. The molecule has 0 amide bonds. The number of rotatable bonds is 5. The van der Waals surface area contributed by atoms with E-state index in [0.717, 1.165) is 24.4 Å². The van der Waals surface area contributed by atoms with Crippen molar-refractivity contribution >= 4 is 5.95 Å².